The van der Waals surface area contributed by atoms with Crippen LogP contribution in [0.4, 0.5) is 0 Å². The standard InChI is InChI=1S/C19H24N2O4/c1-20-10-9-19(12-5-6-14(23-3)15(11-12)24-4)8-7-13-16(17(19)20)18(22)25-21(13)2/h5-6,11,17H,7-10H2,1-4H3/t17-,19-/m1/s1. The molecule has 2 aromatic rings. The Morgan fingerprint density at radius 2 is 1.92 bits per heavy atom. The third kappa shape index (κ3) is 2.16. The molecule has 0 amide bonds. The van der Waals surface area contributed by atoms with Gasteiger partial charge < -0.3 is 14.0 Å². The number of rotatable bonds is 3. The predicted molar refractivity (Wildman–Crippen MR) is 93.5 cm³/mol. The molecule has 0 saturated carbocycles. The van der Waals surface area contributed by atoms with Crippen LogP contribution in [0.2, 0.25) is 0 Å². The maximum absolute atomic E-state index is 12.5. The van der Waals surface area contributed by atoms with E-state index in [4.69, 9.17) is 14.0 Å². The van der Waals surface area contributed by atoms with Gasteiger partial charge >= 0.3 is 5.63 Å². The molecule has 0 radical (unpaired) electrons. The van der Waals surface area contributed by atoms with Crippen molar-refractivity contribution in [1.82, 2.24) is 9.64 Å². The Morgan fingerprint density at radius 1 is 1.16 bits per heavy atom. The number of likely N-dealkylation sites (tertiary alicyclic amines) is 1. The Hall–Kier alpha value is -2.21. The molecule has 2 aliphatic rings. The van der Waals surface area contributed by atoms with Gasteiger partial charge in [-0.25, -0.2) is 9.53 Å². The summed E-state index contributed by atoms with van der Waals surface area (Å²) in [4.78, 5) is 14.8. The van der Waals surface area contributed by atoms with E-state index in [1.54, 1.807) is 19.0 Å². The first kappa shape index (κ1) is 16.3. The number of aromatic nitrogens is 1. The number of fused-ring (bicyclic) bond motifs is 3. The molecular formula is C19H24N2O4. The van der Waals surface area contributed by atoms with Crippen LogP contribution in [0, 0.1) is 0 Å². The normalized spacial score (nSPS) is 25.5. The molecule has 1 aromatic heterocycles. The Morgan fingerprint density at radius 3 is 2.64 bits per heavy atom. The lowest BCUT2D eigenvalue weighted by atomic mass is 9.65. The number of hydrogen-bond acceptors (Lipinski definition) is 5. The van der Waals surface area contributed by atoms with E-state index in [1.807, 2.05) is 13.1 Å². The van der Waals surface area contributed by atoms with Crippen LogP contribution >= 0.6 is 0 Å². The van der Waals surface area contributed by atoms with Gasteiger partial charge in [-0.15, -0.1) is 0 Å². The summed E-state index contributed by atoms with van der Waals surface area (Å²) in [6.07, 6.45) is 2.84. The molecule has 0 spiro atoms. The van der Waals surface area contributed by atoms with Crippen molar-refractivity contribution in [2.24, 2.45) is 7.05 Å². The third-order valence-corrected chi connectivity index (χ3v) is 6.05. The lowest BCUT2D eigenvalue weighted by molar-refractivity contribution is 0.219. The van der Waals surface area contributed by atoms with E-state index in [0.29, 0.717) is 0 Å². The highest BCUT2D eigenvalue weighted by Gasteiger charge is 2.53. The summed E-state index contributed by atoms with van der Waals surface area (Å²) in [5, 5.41) is 0. The van der Waals surface area contributed by atoms with Crippen molar-refractivity contribution >= 4 is 0 Å². The number of benzene rings is 1. The van der Waals surface area contributed by atoms with Gasteiger partial charge in [0.1, 0.15) is 0 Å². The second kappa shape index (κ2) is 5.66. The molecule has 25 heavy (non-hydrogen) atoms. The van der Waals surface area contributed by atoms with Crippen molar-refractivity contribution < 1.29 is 14.0 Å². The highest BCUT2D eigenvalue weighted by Crippen LogP contribution is 2.54. The summed E-state index contributed by atoms with van der Waals surface area (Å²) in [5.74, 6) is 1.45. The van der Waals surface area contributed by atoms with Crippen molar-refractivity contribution in [3.63, 3.8) is 0 Å². The zero-order valence-electron chi connectivity index (χ0n) is 15.2. The van der Waals surface area contributed by atoms with Crippen molar-refractivity contribution in [2.45, 2.75) is 30.7 Å². The largest absolute Gasteiger partial charge is 0.493 e. The first-order valence-corrected chi connectivity index (χ1v) is 8.63. The lowest BCUT2D eigenvalue weighted by Crippen LogP contribution is -2.40. The summed E-state index contributed by atoms with van der Waals surface area (Å²) in [5.41, 5.74) is 2.75. The lowest BCUT2D eigenvalue weighted by Gasteiger charge is -2.41. The Bertz CT molecular complexity index is 869. The van der Waals surface area contributed by atoms with Crippen LogP contribution in [0.25, 0.3) is 0 Å². The van der Waals surface area contributed by atoms with Gasteiger partial charge in [-0.1, -0.05) is 6.07 Å². The number of likely N-dealkylation sites (N-methyl/N-ethyl adjacent to an activating group) is 1. The Balaban J connectivity index is 1.89. The molecule has 2 heterocycles. The molecule has 1 saturated heterocycles. The van der Waals surface area contributed by atoms with Gasteiger partial charge in [0.25, 0.3) is 0 Å². The molecule has 1 aromatic carbocycles. The zero-order chi connectivity index (χ0) is 17.8. The summed E-state index contributed by atoms with van der Waals surface area (Å²) in [6, 6.07) is 6.18. The van der Waals surface area contributed by atoms with Crippen LogP contribution < -0.4 is 15.1 Å². The molecule has 0 unspecified atom stereocenters. The maximum Gasteiger partial charge on any atom is 0.362 e. The van der Waals surface area contributed by atoms with Gasteiger partial charge in [-0.2, -0.15) is 0 Å². The monoisotopic (exact) mass is 344 g/mol. The van der Waals surface area contributed by atoms with Crippen LogP contribution in [0.15, 0.2) is 27.5 Å². The van der Waals surface area contributed by atoms with Crippen molar-refractivity contribution in [2.75, 3.05) is 27.8 Å². The average Bonchev–Trinajstić information content (AvgIpc) is 3.12. The molecular weight excluding hydrogens is 320 g/mol. The summed E-state index contributed by atoms with van der Waals surface area (Å²) >= 11 is 0. The number of nitrogens with zero attached hydrogens (tertiary/aromatic N) is 2. The van der Waals surface area contributed by atoms with E-state index >= 15 is 0 Å². The van der Waals surface area contributed by atoms with Crippen molar-refractivity contribution in [3.05, 3.63) is 45.4 Å². The highest BCUT2D eigenvalue weighted by atomic mass is 16.5. The summed E-state index contributed by atoms with van der Waals surface area (Å²) < 4.78 is 17.9. The van der Waals surface area contributed by atoms with Gasteiger partial charge in [0.05, 0.1) is 31.5 Å². The average molecular weight is 344 g/mol. The van der Waals surface area contributed by atoms with Gasteiger partial charge in [-0.3, -0.25) is 4.90 Å². The summed E-state index contributed by atoms with van der Waals surface area (Å²) in [7, 11) is 7.21. The second-order valence-electron chi connectivity index (χ2n) is 7.10. The predicted octanol–water partition coefficient (Wildman–Crippen LogP) is 2.26. The fourth-order valence-electron chi connectivity index (χ4n) is 4.83. The van der Waals surface area contributed by atoms with Crippen LogP contribution in [0.5, 0.6) is 11.5 Å². The molecule has 4 rings (SSSR count). The molecule has 6 nitrogen and oxygen atoms in total. The SMILES string of the molecule is COc1ccc([C@]23CCc4c(c(=O)on4C)[C@H]2N(C)CC3)cc1OC. The van der Waals surface area contributed by atoms with Gasteiger partial charge in [-0.05, 0) is 50.6 Å². The molecule has 1 aliphatic carbocycles. The Labute approximate surface area is 146 Å². The third-order valence-electron chi connectivity index (χ3n) is 6.05. The minimum absolute atomic E-state index is 0.0341. The quantitative estimate of drug-likeness (QED) is 0.855. The number of aryl methyl sites for hydroxylation is 1. The van der Waals surface area contributed by atoms with Crippen LogP contribution in [0.1, 0.15) is 35.7 Å². The van der Waals surface area contributed by atoms with Crippen molar-refractivity contribution in [3.8, 4) is 11.5 Å². The van der Waals surface area contributed by atoms with E-state index in [0.717, 1.165) is 48.6 Å². The van der Waals surface area contributed by atoms with Crippen molar-refractivity contribution in [1.29, 1.82) is 0 Å². The minimum atomic E-state index is -0.208. The van der Waals surface area contributed by atoms with Gasteiger partial charge in [0.2, 0.25) is 0 Å². The second-order valence-corrected chi connectivity index (χ2v) is 7.10. The highest BCUT2D eigenvalue weighted by molar-refractivity contribution is 5.48. The molecule has 0 bridgehead atoms. The minimum Gasteiger partial charge on any atom is -0.493 e. The smallest absolute Gasteiger partial charge is 0.362 e. The number of ether oxygens (including phenoxy) is 2. The molecule has 6 heteroatoms. The van der Waals surface area contributed by atoms with E-state index in [2.05, 4.69) is 24.1 Å². The van der Waals surface area contributed by atoms with E-state index in [9.17, 15) is 4.79 Å². The van der Waals surface area contributed by atoms with Gasteiger partial charge in [0.15, 0.2) is 11.5 Å². The fraction of sp³-hybridized carbons (Fsp3) is 0.526. The van der Waals surface area contributed by atoms with Crippen LogP contribution in [0.3, 0.4) is 0 Å². The molecule has 1 aliphatic heterocycles. The molecule has 2 atom stereocenters. The molecule has 134 valence electrons. The fourth-order valence-corrected chi connectivity index (χ4v) is 4.83. The maximum atomic E-state index is 12.5. The van der Waals surface area contributed by atoms with Crippen LogP contribution in [-0.4, -0.2) is 37.5 Å². The van der Waals surface area contributed by atoms with Gasteiger partial charge in [0, 0.05) is 12.5 Å². The van der Waals surface area contributed by atoms with E-state index in [-0.39, 0.29) is 17.1 Å². The number of methoxy groups -OCH3 is 2. The zero-order valence-corrected chi connectivity index (χ0v) is 15.2. The van der Waals surface area contributed by atoms with E-state index < -0.39 is 0 Å². The first-order valence-electron chi connectivity index (χ1n) is 8.63. The first-order chi connectivity index (χ1) is 12.0. The summed E-state index contributed by atoms with van der Waals surface area (Å²) in [6.45, 7) is 0.951. The number of hydrogen-bond donors (Lipinski definition) is 0. The molecule has 1 fully saturated rings. The topological polar surface area (TPSA) is 56.8 Å². The molecule has 0 N–H and O–H groups in total. The van der Waals surface area contributed by atoms with Crippen LogP contribution in [-0.2, 0) is 18.9 Å². The Kier molecular flexibility index (Phi) is 3.68. The van der Waals surface area contributed by atoms with E-state index in [1.165, 1.54) is 5.56 Å².